The van der Waals surface area contributed by atoms with E-state index in [0.29, 0.717) is 22.5 Å². The Morgan fingerprint density at radius 2 is 1.48 bits per heavy atom. The molecule has 0 bridgehead atoms. The second-order valence-electron chi connectivity index (χ2n) is 6.68. The minimum Gasteiger partial charge on any atom is -0.224 e. The van der Waals surface area contributed by atoms with Crippen LogP contribution in [0.2, 0.25) is 0 Å². The van der Waals surface area contributed by atoms with E-state index in [-0.39, 0.29) is 9.79 Å². The van der Waals surface area contributed by atoms with Crippen molar-refractivity contribution in [2.45, 2.75) is 9.79 Å². The van der Waals surface area contributed by atoms with Gasteiger partial charge in [-0.2, -0.15) is 0 Å². The van der Waals surface area contributed by atoms with Gasteiger partial charge in [0, 0.05) is 23.6 Å². The van der Waals surface area contributed by atoms with Gasteiger partial charge in [-0.15, -0.1) is 5.10 Å². The third-order valence-electron chi connectivity index (χ3n) is 4.53. The van der Waals surface area contributed by atoms with Crippen LogP contribution >= 0.6 is 0 Å². The van der Waals surface area contributed by atoms with E-state index < -0.39 is 19.7 Å². The standard InChI is InChI=1S/C20H16N3O4S2/c1-28(24,25)16-8-6-14(7-9-16)19-11-10-18(20-21-13-22-23(19)20)15-4-3-5-17(12-15)29(2,26)27/h3-12H,1-2H3. The zero-order valence-electron chi connectivity index (χ0n) is 15.6. The molecule has 0 saturated heterocycles. The summed E-state index contributed by atoms with van der Waals surface area (Å²) in [6.45, 7) is 0. The summed E-state index contributed by atoms with van der Waals surface area (Å²) in [5.74, 6) is 0. The summed E-state index contributed by atoms with van der Waals surface area (Å²) in [6.07, 6.45) is 4.91. The fourth-order valence-electron chi connectivity index (χ4n) is 3.07. The summed E-state index contributed by atoms with van der Waals surface area (Å²) in [6, 6.07) is 16.8. The van der Waals surface area contributed by atoms with Gasteiger partial charge in [-0.3, -0.25) is 0 Å². The van der Waals surface area contributed by atoms with Crippen molar-refractivity contribution >= 4 is 25.3 Å². The average molecular weight is 426 g/mol. The number of hydrogen-bond acceptors (Lipinski definition) is 6. The molecule has 9 heteroatoms. The Morgan fingerprint density at radius 1 is 0.793 bits per heavy atom. The normalized spacial score (nSPS) is 12.3. The van der Waals surface area contributed by atoms with Crippen molar-refractivity contribution in [2.75, 3.05) is 12.5 Å². The number of sulfone groups is 2. The molecule has 0 aliphatic rings. The number of aromatic nitrogens is 3. The number of benzene rings is 2. The molecule has 0 unspecified atom stereocenters. The summed E-state index contributed by atoms with van der Waals surface area (Å²) in [7, 11) is -6.62. The van der Waals surface area contributed by atoms with Crippen molar-refractivity contribution < 1.29 is 16.8 Å². The average Bonchev–Trinajstić information content (AvgIpc) is 3.16. The van der Waals surface area contributed by atoms with E-state index in [1.165, 1.54) is 0 Å². The molecular formula is C20H16N3O4S2. The van der Waals surface area contributed by atoms with Gasteiger partial charge in [0.2, 0.25) is 6.33 Å². The van der Waals surface area contributed by atoms with Gasteiger partial charge in [0.1, 0.15) is 0 Å². The van der Waals surface area contributed by atoms with Crippen LogP contribution in [0.4, 0.5) is 0 Å². The lowest BCUT2D eigenvalue weighted by molar-refractivity contribution is 0.600. The summed E-state index contributed by atoms with van der Waals surface area (Å²) in [5.41, 5.74) is 3.38. The number of fused-ring (bicyclic) bond motifs is 1. The van der Waals surface area contributed by atoms with Crippen LogP contribution < -0.4 is 0 Å². The summed E-state index contributed by atoms with van der Waals surface area (Å²) in [4.78, 5) is 4.66. The molecule has 4 rings (SSSR count). The molecule has 0 spiro atoms. The maximum atomic E-state index is 11.9. The lowest BCUT2D eigenvalue weighted by Gasteiger charge is -2.10. The fourth-order valence-corrected chi connectivity index (χ4v) is 4.37. The van der Waals surface area contributed by atoms with Crippen LogP contribution in [0.3, 0.4) is 0 Å². The minimum atomic E-state index is -3.34. The predicted octanol–water partition coefficient (Wildman–Crippen LogP) is 2.67. The van der Waals surface area contributed by atoms with E-state index >= 15 is 0 Å². The molecule has 0 saturated carbocycles. The monoisotopic (exact) mass is 426 g/mol. The first-order valence-electron chi connectivity index (χ1n) is 8.51. The Balaban J connectivity index is 1.85. The van der Waals surface area contributed by atoms with E-state index in [2.05, 4.69) is 16.4 Å². The smallest absolute Gasteiger partial charge is 0.221 e. The Bertz CT molecular complexity index is 1440. The topological polar surface area (TPSA) is 98.5 Å². The minimum absolute atomic E-state index is 0.220. The Labute approximate surface area is 168 Å². The maximum Gasteiger partial charge on any atom is 0.221 e. The molecule has 0 aliphatic heterocycles. The summed E-state index contributed by atoms with van der Waals surface area (Å²) >= 11 is 0. The molecule has 0 amide bonds. The molecule has 147 valence electrons. The maximum absolute atomic E-state index is 11.9. The Kier molecular flexibility index (Phi) is 4.51. The Hall–Kier alpha value is -3.04. The number of pyridine rings is 1. The van der Waals surface area contributed by atoms with Crippen molar-refractivity contribution in [3.63, 3.8) is 0 Å². The SMILES string of the molecule is CS(=O)(=O)c1ccc(-c2ccc(-c3cccc(S(C)(=O)=O)c3)c3n[c]nn23)cc1. The van der Waals surface area contributed by atoms with E-state index in [4.69, 9.17) is 0 Å². The quantitative estimate of drug-likeness (QED) is 0.498. The van der Waals surface area contributed by atoms with Crippen LogP contribution in [0.25, 0.3) is 28.0 Å². The van der Waals surface area contributed by atoms with Crippen molar-refractivity contribution in [1.82, 2.24) is 14.6 Å². The zero-order chi connectivity index (χ0) is 20.8. The van der Waals surface area contributed by atoms with Crippen molar-refractivity contribution in [3.05, 3.63) is 67.0 Å². The molecular weight excluding hydrogens is 410 g/mol. The summed E-state index contributed by atoms with van der Waals surface area (Å²) < 4.78 is 48.7. The molecule has 0 aliphatic carbocycles. The lowest BCUT2D eigenvalue weighted by Crippen LogP contribution is -1.99. The number of rotatable bonds is 4. The van der Waals surface area contributed by atoms with Crippen LogP contribution in [0, 0.1) is 6.33 Å². The lowest BCUT2D eigenvalue weighted by atomic mass is 10.0. The van der Waals surface area contributed by atoms with Crippen molar-refractivity contribution in [1.29, 1.82) is 0 Å². The highest BCUT2D eigenvalue weighted by atomic mass is 32.2. The fraction of sp³-hybridized carbons (Fsp3) is 0.100. The molecule has 0 N–H and O–H groups in total. The van der Waals surface area contributed by atoms with Gasteiger partial charge in [-0.05, 0) is 42.0 Å². The second kappa shape index (κ2) is 6.78. The third-order valence-corrected chi connectivity index (χ3v) is 6.77. The third kappa shape index (κ3) is 3.66. The molecule has 7 nitrogen and oxygen atoms in total. The van der Waals surface area contributed by atoms with Crippen molar-refractivity contribution in [2.24, 2.45) is 0 Å². The van der Waals surface area contributed by atoms with Gasteiger partial charge in [-0.1, -0.05) is 24.3 Å². The second-order valence-corrected chi connectivity index (χ2v) is 10.7. The van der Waals surface area contributed by atoms with Crippen LogP contribution in [-0.4, -0.2) is 43.9 Å². The van der Waals surface area contributed by atoms with Crippen LogP contribution in [-0.2, 0) is 19.7 Å². The van der Waals surface area contributed by atoms with Crippen molar-refractivity contribution in [3.8, 4) is 22.4 Å². The van der Waals surface area contributed by atoms with E-state index in [9.17, 15) is 16.8 Å². The molecule has 0 atom stereocenters. The first-order chi connectivity index (χ1) is 13.6. The van der Waals surface area contributed by atoms with Gasteiger partial charge < -0.3 is 0 Å². The van der Waals surface area contributed by atoms with Gasteiger partial charge >= 0.3 is 0 Å². The highest BCUT2D eigenvalue weighted by molar-refractivity contribution is 7.91. The summed E-state index contributed by atoms with van der Waals surface area (Å²) in [5, 5.41) is 4.17. The number of nitrogens with zero attached hydrogens (tertiary/aromatic N) is 3. The molecule has 2 aromatic carbocycles. The van der Waals surface area contributed by atoms with E-state index in [1.807, 2.05) is 12.1 Å². The van der Waals surface area contributed by atoms with Gasteiger partial charge in [0.15, 0.2) is 25.3 Å². The van der Waals surface area contributed by atoms with Crippen LogP contribution in [0.5, 0.6) is 0 Å². The predicted molar refractivity (Wildman–Crippen MR) is 109 cm³/mol. The van der Waals surface area contributed by atoms with Crippen LogP contribution in [0.1, 0.15) is 0 Å². The highest BCUT2D eigenvalue weighted by Gasteiger charge is 2.15. The molecule has 2 aromatic heterocycles. The number of hydrogen-bond donors (Lipinski definition) is 0. The Morgan fingerprint density at radius 3 is 2.14 bits per heavy atom. The first kappa shape index (κ1) is 19.3. The molecule has 29 heavy (non-hydrogen) atoms. The van der Waals surface area contributed by atoms with Gasteiger partial charge in [0.05, 0.1) is 15.5 Å². The highest BCUT2D eigenvalue weighted by Crippen LogP contribution is 2.30. The van der Waals surface area contributed by atoms with E-state index in [1.54, 1.807) is 53.0 Å². The largest absolute Gasteiger partial charge is 0.224 e. The van der Waals surface area contributed by atoms with E-state index in [0.717, 1.165) is 18.1 Å². The molecule has 2 heterocycles. The first-order valence-corrected chi connectivity index (χ1v) is 12.3. The molecule has 4 aromatic rings. The molecule has 0 fully saturated rings. The molecule has 1 radical (unpaired) electrons. The van der Waals surface area contributed by atoms with Gasteiger partial charge in [0.25, 0.3) is 0 Å². The van der Waals surface area contributed by atoms with Gasteiger partial charge in [-0.25, -0.2) is 26.3 Å². The van der Waals surface area contributed by atoms with Crippen LogP contribution in [0.15, 0.2) is 70.5 Å². The zero-order valence-corrected chi connectivity index (χ0v) is 17.2.